The van der Waals surface area contributed by atoms with Gasteiger partial charge in [-0.2, -0.15) is 0 Å². The first-order valence-corrected chi connectivity index (χ1v) is 16.3. The van der Waals surface area contributed by atoms with E-state index >= 15 is 0 Å². The van der Waals surface area contributed by atoms with Gasteiger partial charge in [-0.1, -0.05) is 66.8 Å². The topological polar surface area (TPSA) is 117 Å². The molecule has 0 saturated carbocycles. The maximum atomic E-state index is 14.7. The number of likely N-dealkylation sites (N-methyl/N-ethyl adjacent to an activating group) is 1. The molecule has 1 spiro atoms. The highest BCUT2D eigenvalue weighted by atomic mass is 16.6. The number of benzene rings is 2. The largest absolute Gasteiger partial charge is 0.455 e. The van der Waals surface area contributed by atoms with Crippen molar-refractivity contribution in [3.63, 3.8) is 0 Å². The van der Waals surface area contributed by atoms with Gasteiger partial charge in [0.15, 0.2) is 0 Å². The number of hydrogen-bond acceptors (Lipinski definition) is 7. The molecule has 4 heterocycles. The quantitative estimate of drug-likeness (QED) is 0.400. The second kappa shape index (κ2) is 12.7. The van der Waals surface area contributed by atoms with Gasteiger partial charge in [0.25, 0.3) is 5.91 Å². The number of likely N-dealkylation sites (tertiary alicyclic amines) is 1. The van der Waals surface area contributed by atoms with Crippen LogP contribution >= 0.6 is 0 Å². The average Bonchev–Trinajstić information content (AvgIpc) is 3.46. The van der Waals surface area contributed by atoms with E-state index in [-0.39, 0.29) is 31.4 Å². The first-order valence-electron chi connectivity index (χ1n) is 16.3. The number of esters is 1. The molecule has 2 fully saturated rings. The molecular weight excluding hydrogens is 598 g/mol. The molecule has 0 radical (unpaired) electrons. The number of carbonyl (C=O) groups excluding carboxylic acids is 4. The number of hydrogen-bond donors (Lipinski definition) is 1. The summed E-state index contributed by atoms with van der Waals surface area (Å²) in [6.45, 7) is 7.28. The van der Waals surface area contributed by atoms with Crippen LogP contribution in [-0.4, -0.2) is 88.6 Å². The van der Waals surface area contributed by atoms with Crippen LogP contribution in [0.2, 0.25) is 0 Å². The molecule has 2 aromatic carbocycles. The SMILES string of the molecule is Cc1ccc(C)c(N2CC=C[C@@]34O[C@H]5/C=C\CCC(=O)N(C)[C@@H](C)[C@H](c6ccccc6)OC(=O)[C@H]5[C@@H]3C(=O)N([C@H](C)CO)[C@H]4C2=O)c1. The highest BCUT2D eigenvalue weighted by molar-refractivity contribution is 6.06. The van der Waals surface area contributed by atoms with Crippen LogP contribution < -0.4 is 4.90 Å². The third-order valence-corrected chi connectivity index (χ3v) is 10.3. The number of amides is 3. The van der Waals surface area contributed by atoms with Gasteiger partial charge in [0.05, 0.1) is 30.7 Å². The van der Waals surface area contributed by atoms with Crippen molar-refractivity contribution in [1.29, 1.82) is 0 Å². The Morgan fingerprint density at radius 3 is 2.49 bits per heavy atom. The zero-order valence-corrected chi connectivity index (χ0v) is 27.5. The number of anilines is 1. The van der Waals surface area contributed by atoms with Crippen LogP contribution in [0, 0.1) is 25.7 Å². The van der Waals surface area contributed by atoms with Crippen molar-refractivity contribution in [2.24, 2.45) is 11.8 Å². The molecule has 10 heteroatoms. The number of cyclic esters (lactones) is 1. The zero-order valence-electron chi connectivity index (χ0n) is 27.5. The summed E-state index contributed by atoms with van der Waals surface area (Å²) in [5.74, 6) is -3.70. The Labute approximate surface area is 275 Å². The number of rotatable bonds is 4. The molecular formula is C37H43N3O7. The number of nitrogens with zero attached hydrogens (tertiary/aromatic N) is 3. The van der Waals surface area contributed by atoms with E-state index in [1.165, 1.54) is 4.90 Å². The van der Waals surface area contributed by atoms with Crippen LogP contribution in [0.4, 0.5) is 5.69 Å². The van der Waals surface area contributed by atoms with Crippen LogP contribution in [0.5, 0.6) is 0 Å². The lowest BCUT2D eigenvalue weighted by atomic mass is 9.77. The number of allylic oxidation sites excluding steroid dienone is 1. The van der Waals surface area contributed by atoms with E-state index in [4.69, 9.17) is 9.47 Å². The van der Waals surface area contributed by atoms with Crippen molar-refractivity contribution in [3.8, 4) is 0 Å². The van der Waals surface area contributed by atoms with Crippen molar-refractivity contribution in [1.82, 2.24) is 9.80 Å². The molecule has 2 aromatic rings. The summed E-state index contributed by atoms with van der Waals surface area (Å²) in [6, 6.07) is 12.8. The van der Waals surface area contributed by atoms with Gasteiger partial charge in [0, 0.05) is 25.7 Å². The molecule has 0 bridgehead atoms. The maximum absolute atomic E-state index is 14.7. The van der Waals surface area contributed by atoms with Crippen LogP contribution in [-0.2, 0) is 28.7 Å². The van der Waals surface area contributed by atoms with Gasteiger partial charge in [-0.3, -0.25) is 19.2 Å². The Kier molecular flexibility index (Phi) is 8.84. The van der Waals surface area contributed by atoms with Crippen molar-refractivity contribution in [2.45, 2.75) is 76.5 Å². The maximum Gasteiger partial charge on any atom is 0.313 e. The van der Waals surface area contributed by atoms with E-state index in [1.54, 1.807) is 42.0 Å². The van der Waals surface area contributed by atoms with Gasteiger partial charge in [-0.05, 0) is 56.9 Å². The second-order valence-corrected chi connectivity index (χ2v) is 13.2. The minimum atomic E-state index is -1.50. The van der Waals surface area contributed by atoms with Crippen LogP contribution in [0.3, 0.4) is 0 Å². The van der Waals surface area contributed by atoms with E-state index in [0.717, 1.165) is 16.8 Å². The molecule has 4 aliphatic heterocycles. The van der Waals surface area contributed by atoms with Gasteiger partial charge in [-0.25, -0.2) is 0 Å². The van der Waals surface area contributed by atoms with Gasteiger partial charge < -0.3 is 29.3 Å². The molecule has 6 rings (SSSR count). The molecule has 0 aromatic heterocycles. The minimum absolute atomic E-state index is 0.0910. The molecule has 1 N–H and O–H groups in total. The highest BCUT2D eigenvalue weighted by Gasteiger charge is 2.72. The molecule has 0 unspecified atom stereocenters. The molecule has 8 atom stereocenters. The summed E-state index contributed by atoms with van der Waals surface area (Å²) >= 11 is 0. The number of aliphatic hydroxyl groups is 1. The molecule has 10 nitrogen and oxygen atoms in total. The number of ether oxygens (including phenoxy) is 2. The monoisotopic (exact) mass is 641 g/mol. The molecule has 0 aliphatic carbocycles. The molecule has 248 valence electrons. The fourth-order valence-electron chi connectivity index (χ4n) is 7.62. The first kappa shape index (κ1) is 32.7. The lowest BCUT2D eigenvalue weighted by Gasteiger charge is -2.37. The van der Waals surface area contributed by atoms with E-state index in [0.29, 0.717) is 12.0 Å². The summed E-state index contributed by atoms with van der Waals surface area (Å²) in [7, 11) is 1.70. The number of aliphatic hydroxyl groups excluding tert-OH is 1. The lowest BCUT2D eigenvalue weighted by molar-refractivity contribution is -0.164. The standard InChI is InChI=1S/C37H43N3O7/c1-22-16-17-23(2)27(20-22)39-19-11-18-37-31(34(43)40(24(3)21-41)33(37)35(39)44)30-28(47-37)14-9-10-15-29(42)38(5)25(4)32(46-36(30)45)26-12-7-6-8-13-26/h6-9,11-14,16-18,20,24-25,28,30-33,41H,10,15,19,21H2,1-5H3/b14-9-/t24-,25+,28+,30-,31-,32-,33+,37-/m1/s1. The fraction of sp³-hybridized carbons (Fsp3) is 0.459. The summed E-state index contributed by atoms with van der Waals surface area (Å²) in [5, 5.41) is 10.3. The van der Waals surface area contributed by atoms with Crippen molar-refractivity contribution in [3.05, 3.63) is 89.5 Å². The van der Waals surface area contributed by atoms with Gasteiger partial charge in [0.2, 0.25) is 11.8 Å². The van der Waals surface area contributed by atoms with Gasteiger partial charge in [-0.15, -0.1) is 0 Å². The van der Waals surface area contributed by atoms with E-state index in [9.17, 15) is 24.3 Å². The third-order valence-electron chi connectivity index (χ3n) is 10.3. The van der Waals surface area contributed by atoms with Gasteiger partial charge >= 0.3 is 5.97 Å². The van der Waals surface area contributed by atoms with Crippen LogP contribution in [0.1, 0.15) is 49.5 Å². The molecule has 2 saturated heterocycles. The number of carbonyl (C=O) groups is 4. The number of aryl methyl sites for hydroxylation is 2. The van der Waals surface area contributed by atoms with E-state index < -0.39 is 59.6 Å². The smallest absolute Gasteiger partial charge is 0.313 e. The van der Waals surface area contributed by atoms with Gasteiger partial charge in [0.1, 0.15) is 23.7 Å². The summed E-state index contributed by atoms with van der Waals surface area (Å²) in [5.41, 5.74) is 1.82. The van der Waals surface area contributed by atoms with Crippen LogP contribution in [0.15, 0.2) is 72.8 Å². The predicted octanol–water partition coefficient (Wildman–Crippen LogP) is 3.65. The predicted molar refractivity (Wildman–Crippen MR) is 175 cm³/mol. The van der Waals surface area contributed by atoms with E-state index in [1.807, 2.05) is 75.4 Å². The Balaban J connectivity index is 1.47. The summed E-state index contributed by atoms with van der Waals surface area (Å²) in [4.78, 5) is 61.6. The average molecular weight is 642 g/mol. The second-order valence-electron chi connectivity index (χ2n) is 13.2. The highest BCUT2D eigenvalue weighted by Crippen LogP contribution is 2.54. The Morgan fingerprint density at radius 2 is 1.77 bits per heavy atom. The molecule has 3 amide bonds. The normalized spacial score (nSPS) is 32.5. The minimum Gasteiger partial charge on any atom is -0.455 e. The molecule has 47 heavy (non-hydrogen) atoms. The fourth-order valence-corrected chi connectivity index (χ4v) is 7.62. The Hall–Kier alpha value is -4.28. The van der Waals surface area contributed by atoms with Crippen molar-refractivity contribution in [2.75, 3.05) is 25.1 Å². The molecule has 4 aliphatic rings. The first-order chi connectivity index (χ1) is 22.5. The van der Waals surface area contributed by atoms with Crippen molar-refractivity contribution >= 4 is 29.4 Å². The summed E-state index contributed by atoms with van der Waals surface area (Å²) < 4.78 is 13.1. The third kappa shape index (κ3) is 5.47. The Morgan fingerprint density at radius 1 is 1.02 bits per heavy atom. The zero-order chi connectivity index (χ0) is 33.6. The van der Waals surface area contributed by atoms with E-state index in [2.05, 4.69) is 0 Å². The lowest BCUT2D eigenvalue weighted by Crippen LogP contribution is -2.57. The van der Waals surface area contributed by atoms with Crippen molar-refractivity contribution < 1.29 is 33.8 Å². The van der Waals surface area contributed by atoms with Crippen LogP contribution in [0.25, 0.3) is 0 Å². The Bertz CT molecular complexity index is 1620. The number of fused-ring (bicyclic) bond motifs is 2. The summed E-state index contributed by atoms with van der Waals surface area (Å²) in [6.07, 6.45) is 6.07.